The Morgan fingerprint density at radius 3 is 1.23 bits per heavy atom. The van der Waals surface area contributed by atoms with Gasteiger partial charge in [-0.25, -0.2) is 0 Å². The predicted octanol–water partition coefficient (Wildman–Crippen LogP) is 9.69. The lowest BCUT2D eigenvalue weighted by molar-refractivity contribution is -0.0200. The minimum atomic E-state index is -2.26. The molecule has 0 aliphatic rings. The fourth-order valence-electron chi connectivity index (χ4n) is 7.24. The first kappa shape index (κ1) is 35.7. The molecule has 0 spiro atoms. The van der Waals surface area contributed by atoms with Crippen molar-refractivity contribution < 1.29 is 13.3 Å². The van der Waals surface area contributed by atoms with Crippen molar-refractivity contribution in [3.63, 3.8) is 0 Å². The van der Waals surface area contributed by atoms with Gasteiger partial charge in [-0.1, -0.05) is 68.1 Å². The second-order valence-corrected chi connectivity index (χ2v) is 30.3. The van der Waals surface area contributed by atoms with Gasteiger partial charge in [-0.3, -0.25) is 0 Å². The summed E-state index contributed by atoms with van der Waals surface area (Å²) in [5.41, 5.74) is -0.219. The summed E-state index contributed by atoms with van der Waals surface area (Å²) >= 11 is 0. The van der Waals surface area contributed by atoms with Crippen LogP contribution < -0.4 is 0 Å². The van der Waals surface area contributed by atoms with Crippen LogP contribution >= 0.6 is 0 Å². The normalized spacial score (nSPS) is 17.4. The summed E-state index contributed by atoms with van der Waals surface area (Å²) in [7, 11) is -7.18. The van der Waals surface area contributed by atoms with Crippen molar-refractivity contribution in [3.8, 4) is 0 Å². The minimum Gasteiger partial charge on any atom is -0.417 e. The molecule has 0 N–H and O–H groups in total. The van der Waals surface area contributed by atoms with Crippen LogP contribution in [0.15, 0.2) is 0 Å². The van der Waals surface area contributed by atoms with Crippen molar-refractivity contribution in [2.24, 2.45) is 0 Å². The van der Waals surface area contributed by atoms with Gasteiger partial charge in [0.1, 0.15) is 0 Å². The van der Waals surface area contributed by atoms with Gasteiger partial charge in [0, 0.05) is 10.3 Å². The van der Waals surface area contributed by atoms with E-state index in [-0.39, 0.29) is 21.1 Å². The van der Waals surface area contributed by atoms with Crippen molar-refractivity contribution >= 4 is 33.7 Å². The summed E-state index contributed by atoms with van der Waals surface area (Å²) in [4.78, 5) is 0. The second-order valence-electron chi connectivity index (χ2n) is 13.7. The van der Waals surface area contributed by atoms with Gasteiger partial charge in [0.05, 0.1) is 18.9 Å². The molecule has 0 saturated heterocycles. The Morgan fingerprint density at radius 2 is 0.971 bits per heavy atom. The lowest BCUT2D eigenvalue weighted by Gasteiger charge is -2.58. The van der Waals surface area contributed by atoms with Gasteiger partial charge in [-0.15, -0.1) is 0 Å². The van der Waals surface area contributed by atoms with Crippen LogP contribution in [0.1, 0.15) is 100 Å². The second kappa shape index (κ2) is 12.7. The summed E-state index contributed by atoms with van der Waals surface area (Å²) in [5.74, 6) is 0. The highest BCUT2D eigenvalue weighted by molar-refractivity contribution is 6.79. The molecule has 0 bridgehead atoms. The molecule has 3 nitrogen and oxygen atoms in total. The zero-order chi connectivity index (χ0) is 28.1. The summed E-state index contributed by atoms with van der Waals surface area (Å²) < 4.78 is 22.1. The molecule has 2 atom stereocenters. The Morgan fingerprint density at radius 1 is 0.571 bits per heavy atom. The third-order valence-corrected chi connectivity index (χ3v) is 22.7. The quantitative estimate of drug-likeness (QED) is 0.165. The van der Waals surface area contributed by atoms with Crippen molar-refractivity contribution in [1.29, 1.82) is 0 Å². The Bertz CT molecular complexity index is 627. The van der Waals surface area contributed by atoms with Gasteiger partial charge in [-0.05, 0) is 91.2 Å². The SMILES string of the molecule is CCC(CC)([SiH](C)OC(CC)(CC)[Si](C)(C)C)[C@](C)(CC)O[Si](C)(C)C(CC)(CC)O[Si](C)(C)C. The maximum Gasteiger partial charge on any atom is 0.217 e. The average Bonchev–Trinajstić information content (AvgIpc) is 2.74. The molecule has 7 heteroatoms. The van der Waals surface area contributed by atoms with Crippen LogP contribution in [0.25, 0.3) is 0 Å². The number of hydrogen-bond acceptors (Lipinski definition) is 3. The summed E-state index contributed by atoms with van der Waals surface area (Å²) in [5, 5.41) is -0.0251. The molecule has 35 heavy (non-hydrogen) atoms. The number of rotatable bonds is 17. The van der Waals surface area contributed by atoms with Crippen molar-refractivity contribution in [2.45, 2.75) is 180 Å². The van der Waals surface area contributed by atoms with Gasteiger partial charge in [0.25, 0.3) is 0 Å². The lowest BCUT2D eigenvalue weighted by Crippen LogP contribution is -2.66. The molecule has 0 heterocycles. The lowest BCUT2D eigenvalue weighted by atomic mass is 9.81. The Kier molecular flexibility index (Phi) is 13.0. The van der Waals surface area contributed by atoms with Crippen molar-refractivity contribution in [2.75, 3.05) is 0 Å². The predicted molar refractivity (Wildman–Crippen MR) is 169 cm³/mol. The average molecular weight is 563 g/mol. The molecular formula is C28H66O3Si4. The molecule has 0 aliphatic heterocycles. The minimum absolute atomic E-state index is 0.0490. The van der Waals surface area contributed by atoms with E-state index in [1.807, 2.05) is 0 Å². The molecule has 0 amide bonds. The van der Waals surface area contributed by atoms with Gasteiger partial charge in [0.15, 0.2) is 17.4 Å². The standard InChI is InChI=1S/C28H66O3Si4/c1-18-25(8,30-35(16,17)28(23-6,24-7)31-34(13,14)15)26(19-2,20-3)32(9)29-27(21-4,22-5)33(10,11)12/h32H,18-24H2,1-17H3/t25-,32?/m0/s1. The van der Waals surface area contributed by atoms with E-state index in [0.717, 1.165) is 44.9 Å². The molecule has 212 valence electrons. The van der Waals surface area contributed by atoms with Crippen LogP contribution in [0.4, 0.5) is 0 Å². The van der Waals surface area contributed by atoms with E-state index in [1.165, 1.54) is 0 Å². The van der Waals surface area contributed by atoms with Crippen LogP contribution in [0.3, 0.4) is 0 Å². The summed E-state index contributed by atoms with van der Waals surface area (Å²) in [6, 6.07) is 0. The smallest absolute Gasteiger partial charge is 0.217 e. The van der Waals surface area contributed by atoms with Gasteiger partial charge >= 0.3 is 0 Å². The molecule has 0 aliphatic carbocycles. The van der Waals surface area contributed by atoms with Crippen molar-refractivity contribution in [3.05, 3.63) is 0 Å². The van der Waals surface area contributed by atoms with Crippen LogP contribution in [-0.2, 0) is 13.3 Å². The van der Waals surface area contributed by atoms with Crippen LogP contribution in [-0.4, -0.2) is 49.8 Å². The van der Waals surface area contributed by atoms with E-state index in [4.69, 9.17) is 13.3 Å². The van der Waals surface area contributed by atoms with Crippen LogP contribution in [0, 0.1) is 0 Å². The number of hydrogen-bond donors (Lipinski definition) is 0. The maximum atomic E-state index is 7.61. The van der Waals surface area contributed by atoms with Crippen LogP contribution in [0.2, 0.25) is 64.0 Å². The first-order valence-electron chi connectivity index (χ1n) is 14.8. The van der Waals surface area contributed by atoms with Crippen molar-refractivity contribution in [1.82, 2.24) is 0 Å². The fraction of sp³-hybridized carbons (Fsp3) is 1.00. The zero-order valence-electron chi connectivity index (χ0n) is 27.3. The molecule has 0 aromatic heterocycles. The highest BCUT2D eigenvalue weighted by atomic mass is 28.4. The van der Waals surface area contributed by atoms with E-state index >= 15 is 0 Å². The third-order valence-electron chi connectivity index (χ3n) is 9.90. The first-order valence-corrected chi connectivity index (χ1v) is 26.8. The van der Waals surface area contributed by atoms with Gasteiger partial charge in [-0.2, -0.15) is 0 Å². The topological polar surface area (TPSA) is 27.7 Å². The Labute approximate surface area is 226 Å². The summed E-state index contributed by atoms with van der Waals surface area (Å²) in [6.45, 7) is 40.7. The monoisotopic (exact) mass is 562 g/mol. The largest absolute Gasteiger partial charge is 0.417 e. The molecule has 0 saturated carbocycles. The van der Waals surface area contributed by atoms with Gasteiger partial charge in [0.2, 0.25) is 8.32 Å². The zero-order valence-corrected chi connectivity index (χ0v) is 31.4. The maximum absolute atomic E-state index is 7.61. The molecule has 1 unspecified atom stereocenters. The molecule has 0 fully saturated rings. The van der Waals surface area contributed by atoms with E-state index < -0.39 is 33.7 Å². The van der Waals surface area contributed by atoms with E-state index in [2.05, 4.69) is 114 Å². The molecular weight excluding hydrogens is 497 g/mol. The Hall–Kier alpha value is 0.748. The molecule has 0 radical (unpaired) electrons. The molecule has 0 rings (SSSR count). The first-order chi connectivity index (χ1) is 15.7. The highest BCUT2D eigenvalue weighted by Gasteiger charge is 2.59. The molecule has 0 aromatic carbocycles. The van der Waals surface area contributed by atoms with E-state index in [1.54, 1.807) is 0 Å². The highest BCUT2D eigenvalue weighted by Crippen LogP contribution is 2.56. The van der Waals surface area contributed by atoms with Gasteiger partial charge < -0.3 is 13.3 Å². The van der Waals surface area contributed by atoms with Crippen LogP contribution in [0.5, 0.6) is 0 Å². The Balaban J connectivity index is 6.69. The third kappa shape index (κ3) is 7.24. The van der Waals surface area contributed by atoms with E-state index in [0.29, 0.717) is 0 Å². The molecule has 0 aromatic rings. The van der Waals surface area contributed by atoms with E-state index in [9.17, 15) is 0 Å². The fourth-order valence-corrected chi connectivity index (χ4v) is 21.7. The summed E-state index contributed by atoms with van der Waals surface area (Å²) in [6.07, 6.45) is 7.51.